The van der Waals surface area contributed by atoms with Gasteiger partial charge in [-0.1, -0.05) is 59.5 Å². The molecule has 0 bridgehead atoms. The average molecular weight is 724 g/mol. The first-order chi connectivity index (χ1) is 19.9. The van der Waals surface area contributed by atoms with Crippen molar-refractivity contribution >= 4 is 42.7 Å². The van der Waals surface area contributed by atoms with E-state index in [0.29, 0.717) is 5.65 Å². The molecule has 0 spiro atoms. The Morgan fingerprint density at radius 2 is 1.51 bits per heavy atom. The summed E-state index contributed by atoms with van der Waals surface area (Å²) >= 11 is 1.78. The van der Waals surface area contributed by atoms with Gasteiger partial charge in [-0.2, -0.15) is 16.4 Å². The first kappa shape index (κ1) is 26.7. The van der Waals surface area contributed by atoms with Crippen molar-refractivity contribution in [1.82, 2.24) is 24.7 Å². The van der Waals surface area contributed by atoms with E-state index in [1.807, 2.05) is 72.8 Å². The molecule has 4 aromatic heterocycles. The third-order valence-corrected chi connectivity index (χ3v) is 7.78. The van der Waals surface area contributed by atoms with E-state index < -0.39 is 0 Å². The van der Waals surface area contributed by atoms with Crippen LogP contribution in [0, 0.1) is 12.1 Å². The smallest absolute Gasteiger partial charge is 0.190 e. The molecule has 7 heteroatoms. The maximum Gasteiger partial charge on any atom is 0.190 e. The molecule has 41 heavy (non-hydrogen) atoms. The average Bonchev–Trinajstić information content (AvgIpc) is 3.62. The summed E-state index contributed by atoms with van der Waals surface area (Å²) in [6.45, 7) is 0. The Balaban J connectivity index is 0.000000196. The number of rotatable bonds is 3. The van der Waals surface area contributed by atoms with Crippen LogP contribution >= 0.6 is 11.3 Å². The van der Waals surface area contributed by atoms with Gasteiger partial charge in [0.2, 0.25) is 0 Å². The fourth-order valence-electron chi connectivity index (χ4n) is 4.77. The number of benzene rings is 4. The van der Waals surface area contributed by atoms with Gasteiger partial charge in [0, 0.05) is 36.7 Å². The standard InChI is InChI=1S/C23H13N4S.C11H8N.Ir/c1-2-7-15(8-3-1)27-19-13-14-24-26-22(19)25-23(27)18-11-6-10-17-16-9-4-5-12-20(16)28-21(17)18;1-2-6-10(7-3-1)11-8-4-5-9-12-11;/h1-10,12-14H;1-6,8-9H;/q2*-1;. The maximum absolute atomic E-state index is 4.84. The number of pyridine rings is 1. The minimum Gasteiger partial charge on any atom is -0.332 e. The second-order valence-electron chi connectivity index (χ2n) is 9.03. The number of aromatic nitrogens is 5. The van der Waals surface area contributed by atoms with Crippen molar-refractivity contribution in [3.63, 3.8) is 0 Å². The van der Waals surface area contributed by atoms with E-state index in [1.165, 1.54) is 20.2 Å². The molecule has 0 aliphatic rings. The zero-order valence-electron chi connectivity index (χ0n) is 21.6. The van der Waals surface area contributed by atoms with E-state index in [0.717, 1.165) is 33.8 Å². The molecule has 0 atom stereocenters. The largest absolute Gasteiger partial charge is 0.332 e. The summed E-state index contributed by atoms with van der Waals surface area (Å²) in [7, 11) is 0. The molecule has 4 aromatic carbocycles. The molecule has 1 radical (unpaired) electrons. The molecule has 199 valence electrons. The van der Waals surface area contributed by atoms with E-state index >= 15 is 0 Å². The molecule has 5 nitrogen and oxygen atoms in total. The van der Waals surface area contributed by atoms with Crippen molar-refractivity contribution in [2.24, 2.45) is 0 Å². The third-order valence-electron chi connectivity index (χ3n) is 6.57. The van der Waals surface area contributed by atoms with Gasteiger partial charge < -0.3 is 9.55 Å². The van der Waals surface area contributed by atoms with Crippen LogP contribution in [0.3, 0.4) is 0 Å². The number of nitrogens with zero attached hydrogens (tertiary/aromatic N) is 5. The third kappa shape index (κ3) is 5.19. The maximum atomic E-state index is 4.84. The molecular weight excluding hydrogens is 703 g/mol. The van der Waals surface area contributed by atoms with Crippen LogP contribution in [0.5, 0.6) is 0 Å². The number of hydrogen-bond donors (Lipinski definition) is 0. The topological polar surface area (TPSA) is 56.5 Å². The predicted molar refractivity (Wildman–Crippen MR) is 162 cm³/mol. The quantitative estimate of drug-likeness (QED) is 0.173. The molecule has 8 rings (SSSR count). The molecule has 4 heterocycles. The second-order valence-corrected chi connectivity index (χ2v) is 10.1. The minimum atomic E-state index is 0. The van der Waals surface area contributed by atoms with Crippen LogP contribution in [0.15, 0.2) is 128 Å². The summed E-state index contributed by atoms with van der Waals surface area (Å²) in [6, 6.07) is 45.1. The molecule has 0 unspecified atom stereocenters. The van der Waals surface area contributed by atoms with Crippen molar-refractivity contribution in [3.8, 4) is 28.3 Å². The van der Waals surface area contributed by atoms with E-state index in [2.05, 4.69) is 74.3 Å². The Hall–Kier alpha value is -4.55. The van der Waals surface area contributed by atoms with Crippen LogP contribution in [0.4, 0.5) is 0 Å². The Labute approximate surface area is 254 Å². The summed E-state index contributed by atoms with van der Waals surface area (Å²) in [5.41, 5.74) is 5.60. The molecule has 0 aliphatic carbocycles. The normalized spacial score (nSPS) is 10.7. The van der Waals surface area contributed by atoms with Crippen LogP contribution in [0.2, 0.25) is 0 Å². The van der Waals surface area contributed by atoms with Crippen molar-refractivity contribution in [3.05, 3.63) is 140 Å². The summed E-state index contributed by atoms with van der Waals surface area (Å²) < 4.78 is 4.59. The molecule has 0 saturated carbocycles. The van der Waals surface area contributed by atoms with Gasteiger partial charge in [0.25, 0.3) is 0 Å². The van der Waals surface area contributed by atoms with Gasteiger partial charge in [-0.15, -0.1) is 59.2 Å². The van der Waals surface area contributed by atoms with Gasteiger partial charge in [0.15, 0.2) is 5.65 Å². The van der Waals surface area contributed by atoms with Crippen LogP contribution < -0.4 is 0 Å². The number of para-hydroxylation sites is 1. The van der Waals surface area contributed by atoms with Crippen LogP contribution in [-0.2, 0) is 20.1 Å². The van der Waals surface area contributed by atoms with Crippen LogP contribution in [0.1, 0.15) is 0 Å². The van der Waals surface area contributed by atoms with Gasteiger partial charge in [0.05, 0.1) is 17.5 Å². The van der Waals surface area contributed by atoms with Crippen LogP contribution in [-0.4, -0.2) is 24.7 Å². The van der Waals surface area contributed by atoms with Gasteiger partial charge in [-0.25, -0.2) is 0 Å². The van der Waals surface area contributed by atoms with E-state index in [4.69, 9.17) is 4.98 Å². The molecule has 0 N–H and O–H groups in total. The number of hydrogen-bond acceptors (Lipinski definition) is 5. The van der Waals surface area contributed by atoms with Crippen molar-refractivity contribution in [2.75, 3.05) is 0 Å². The van der Waals surface area contributed by atoms with E-state index in [1.54, 1.807) is 23.7 Å². The first-order valence-electron chi connectivity index (χ1n) is 12.8. The fourth-order valence-corrected chi connectivity index (χ4v) is 5.97. The fraction of sp³-hybridized carbons (Fsp3) is 0. The summed E-state index contributed by atoms with van der Waals surface area (Å²) in [4.78, 5) is 9.06. The molecule has 0 fully saturated rings. The number of imidazole rings is 1. The molecule has 0 amide bonds. The summed E-state index contributed by atoms with van der Waals surface area (Å²) in [5, 5.41) is 10.8. The monoisotopic (exact) mass is 724 g/mol. The van der Waals surface area contributed by atoms with Crippen molar-refractivity contribution in [1.29, 1.82) is 0 Å². The van der Waals surface area contributed by atoms with Gasteiger partial charge in [0.1, 0.15) is 0 Å². The zero-order chi connectivity index (χ0) is 26.7. The SMILES string of the molecule is [Ir].[c-]1ccc2c(sc3ccccc32)c1-c1nc2nnccc2n1-c1ccccc1.[c-]1ccccc1-c1ccccn1. The van der Waals surface area contributed by atoms with Gasteiger partial charge in [-0.05, 0) is 46.1 Å². The Morgan fingerprint density at radius 1 is 0.683 bits per heavy atom. The Kier molecular flexibility index (Phi) is 7.74. The Morgan fingerprint density at radius 3 is 2.34 bits per heavy atom. The second kappa shape index (κ2) is 11.9. The molecular formula is C34H21IrN5S-2. The Bertz CT molecular complexity index is 2020. The van der Waals surface area contributed by atoms with E-state index in [9.17, 15) is 0 Å². The van der Waals surface area contributed by atoms with Gasteiger partial charge in [-0.3, -0.25) is 4.98 Å². The zero-order valence-corrected chi connectivity index (χ0v) is 24.8. The predicted octanol–water partition coefficient (Wildman–Crippen LogP) is 8.20. The first-order valence-corrected chi connectivity index (χ1v) is 13.6. The molecule has 8 aromatic rings. The molecule has 0 aliphatic heterocycles. The van der Waals surface area contributed by atoms with E-state index in [-0.39, 0.29) is 20.1 Å². The van der Waals surface area contributed by atoms with Crippen LogP contribution in [0.25, 0.3) is 59.7 Å². The summed E-state index contributed by atoms with van der Waals surface area (Å²) in [6.07, 6.45) is 3.49. The van der Waals surface area contributed by atoms with Crippen molar-refractivity contribution < 1.29 is 20.1 Å². The van der Waals surface area contributed by atoms with Gasteiger partial charge >= 0.3 is 0 Å². The number of thiophene rings is 1. The summed E-state index contributed by atoms with van der Waals surface area (Å²) in [5.74, 6) is 0.832. The molecule has 0 saturated heterocycles. The minimum absolute atomic E-state index is 0. The number of fused-ring (bicyclic) bond motifs is 4. The van der Waals surface area contributed by atoms with Crippen molar-refractivity contribution in [2.45, 2.75) is 0 Å².